The number of hydrogen-bond acceptors (Lipinski definition) is 3. The van der Waals surface area contributed by atoms with Crippen LogP contribution in [0.3, 0.4) is 0 Å². The van der Waals surface area contributed by atoms with Crippen molar-refractivity contribution in [3.8, 4) is 0 Å². The average Bonchev–Trinajstić information content (AvgIpc) is 2.32. The van der Waals surface area contributed by atoms with Gasteiger partial charge in [0.1, 0.15) is 5.82 Å². The first-order valence-corrected chi connectivity index (χ1v) is 6.55. The topological polar surface area (TPSA) is 28.2 Å². The van der Waals surface area contributed by atoms with Gasteiger partial charge in [0.05, 0.1) is 6.54 Å². The summed E-state index contributed by atoms with van der Waals surface area (Å²) in [6, 6.07) is 3.93. The van der Waals surface area contributed by atoms with Crippen molar-refractivity contribution in [1.82, 2.24) is 10.3 Å². The van der Waals surface area contributed by atoms with Gasteiger partial charge >= 0.3 is 6.18 Å². The number of anilines is 1. The van der Waals surface area contributed by atoms with Crippen LogP contribution in [0.5, 0.6) is 0 Å². The van der Waals surface area contributed by atoms with Gasteiger partial charge in [-0.25, -0.2) is 4.98 Å². The Bertz CT molecular complexity index is 424. The van der Waals surface area contributed by atoms with E-state index in [0.29, 0.717) is 6.54 Å². The lowest BCUT2D eigenvalue weighted by Crippen LogP contribution is -2.35. The van der Waals surface area contributed by atoms with Crippen LogP contribution in [-0.2, 0) is 5.41 Å². The van der Waals surface area contributed by atoms with Gasteiger partial charge < -0.3 is 10.2 Å². The van der Waals surface area contributed by atoms with Crippen LogP contribution in [0.4, 0.5) is 19.0 Å². The minimum absolute atomic E-state index is 0.0209. The first kappa shape index (κ1) is 16.8. The number of hydrogen-bond donors (Lipinski definition) is 1. The summed E-state index contributed by atoms with van der Waals surface area (Å²) in [4.78, 5) is 6.10. The van der Waals surface area contributed by atoms with Crippen LogP contribution in [0.15, 0.2) is 18.3 Å². The van der Waals surface area contributed by atoms with Gasteiger partial charge in [0.15, 0.2) is 0 Å². The van der Waals surface area contributed by atoms with Crippen molar-refractivity contribution < 1.29 is 13.2 Å². The van der Waals surface area contributed by atoms with Gasteiger partial charge in [0, 0.05) is 26.3 Å². The minimum Gasteiger partial charge on any atom is -0.358 e. The molecule has 1 heterocycles. The molecule has 0 saturated carbocycles. The Kier molecular flexibility index (Phi) is 5.39. The molecule has 0 aliphatic rings. The van der Waals surface area contributed by atoms with Crippen molar-refractivity contribution in [1.29, 1.82) is 0 Å². The summed E-state index contributed by atoms with van der Waals surface area (Å²) in [7, 11) is 1.82. The van der Waals surface area contributed by atoms with Crippen LogP contribution < -0.4 is 10.2 Å². The van der Waals surface area contributed by atoms with Crippen LogP contribution in [0.1, 0.15) is 26.3 Å². The monoisotopic (exact) mass is 289 g/mol. The summed E-state index contributed by atoms with van der Waals surface area (Å²) < 4.78 is 36.0. The van der Waals surface area contributed by atoms with E-state index in [1.54, 1.807) is 6.20 Å². The third-order valence-corrected chi connectivity index (χ3v) is 2.95. The number of alkyl halides is 3. The van der Waals surface area contributed by atoms with Crippen molar-refractivity contribution >= 4 is 5.82 Å². The molecule has 0 aliphatic heterocycles. The molecule has 0 aromatic carbocycles. The Morgan fingerprint density at radius 1 is 1.25 bits per heavy atom. The summed E-state index contributed by atoms with van der Waals surface area (Å²) >= 11 is 0. The molecule has 0 saturated heterocycles. The molecule has 0 atom stereocenters. The molecule has 6 heteroatoms. The zero-order valence-corrected chi connectivity index (χ0v) is 12.4. The Morgan fingerprint density at radius 3 is 2.45 bits per heavy atom. The highest BCUT2D eigenvalue weighted by Gasteiger charge is 2.26. The van der Waals surface area contributed by atoms with E-state index in [-0.39, 0.29) is 12.0 Å². The molecule has 1 aromatic rings. The SMILES string of the molecule is CN(CCNCC(F)(F)F)c1cc(C(C)(C)C)ccn1. The standard InChI is InChI=1S/C14H22F3N3/c1-13(2,3)11-5-6-19-12(9-11)20(4)8-7-18-10-14(15,16)17/h5-6,9,18H,7-8,10H2,1-4H3. The van der Waals surface area contributed by atoms with E-state index in [1.807, 2.05) is 24.1 Å². The lowest BCUT2D eigenvalue weighted by molar-refractivity contribution is -0.124. The van der Waals surface area contributed by atoms with Gasteiger partial charge in [0.2, 0.25) is 0 Å². The molecular formula is C14H22F3N3. The smallest absolute Gasteiger partial charge is 0.358 e. The highest BCUT2D eigenvalue weighted by atomic mass is 19.4. The molecular weight excluding hydrogens is 267 g/mol. The van der Waals surface area contributed by atoms with Crippen molar-refractivity contribution in [2.75, 3.05) is 31.6 Å². The van der Waals surface area contributed by atoms with Gasteiger partial charge in [-0.05, 0) is 23.1 Å². The summed E-state index contributed by atoms with van der Waals surface area (Å²) in [5.41, 5.74) is 1.17. The Morgan fingerprint density at radius 2 is 1.90 bits per heavy atom. The molecule has 0 unspecified atom stereocenters. The van der Waals surface area contributed by atoms with E-state index in [9.17, 15) is 13.2 Å². The average molecular weight is 289 g/mol. The van der Waals surface area contributed by atoms with Crippen LogP contribution in [0.2, 0.25) is 0 Å². The van der Waals surface area contributed by atoms with Crippen molar-refractivity contribution in [2.45, 2.75) is 32.4 Å². The summed E-state index contributed by atoms with van der Waals surface area (Å²) in [5.74, 6) is 0.770. The zero-order chi connectivity index (χ0) is 15.4. The van der Waals surface area contributed by atoms with Crippen LogP contribution >= 0.6 is 0 Å². The van der Waals surface area contributed by atoms with E-state index in [0.717, 1.165) is 11.4 Å². The van der Waals surface area contributed by atoms with E-state index in [4.69, 9.17) is 0 Å². The zero-order valence-electron chi connectivity index (χ0n) is 12.4. The fourth-order valence-corrected chi connectivity index (χ4v) is 1.69. The molecule has 1 N–H and O–H groups in total. The van der Waals surface area contributed by atoms with Crippen molar-refractivity contribution in [2.24, 2.45) is 0 Å². The number of pyridine rings is 1. The minimum atomic E-state index is -4.16. The number of nitrogens with one attached hydrogen (secondary N) is 1. The first-order valence-electron chi connectivity index (χ1n) is 6.55. The molecule has 0 fully saturated rings. The van der Waals surface area contributed by atoms with Gasteiger partial charge in [0.25, 0.3) is 0 Å². The number of halogens is 3. The molecule has 0 radical (unpaired) electrons. The van der Waals surface area contributed by atoms with Crippen molar-refractivity contribution in [3.05, 3.63) is 23.9 Å². The summed E-state index contributed by atoms with van der Waals surface area (Å²) in [6.45, 7) is 6.09. The van der Waals surface area contributed by atoms with Gasteiger partial charge in [-0.3, -0.25) is 0 Å². The molecule has 114 valence electrons. The van der Waals surface area contributed by atoms with E-state index in [2.05, 4.69) is 31.1 Å². The maximum atomic E-state index is 12.0. The highest BCUT2D eigenvalue weighted by molar-refractivity contribution is 5.42. The lowest BCUT2D eigenvalue weighted by atomic mass is 9.88. The van der Waals surface area contributed by atoms with E-state index >= 15 is 0 Å². The Balaban J connectivity index is 2.54. The fourth-order valence-electron chi connectivity index (χ4n) is 1.69. The first-order chi connectivity index (χ1) is 9.09. The van der Waals surface area contributed by atoms with Gasteiger partial charge in [-0.15, -0.1) is 0 Å². The van der Waals surface area contributed by atoms with Crippen molar-refractivity contribution in [3.63, 3.8) is 0 Å². The van der Waals surface area contributed by atoms with Gasteiger partial charge in [-0.1, -0.05) is 20.8 Å². The van der Waals surface area contributed by atoms with Gasteiger partial charge in [-0.2, -0.15) is 13.2 Å². The normalized spacial score (nSPS) is 12.6. The second kappa shape index (κ2) is 6.43. The second-order valence-electron chi connectivity index (χ2n) is 5.87. The molecule has 0 aliphatic carbocycles. The molecule has 0 bridgehead atoms. The predicted octanol–water partition coefficient (Wildman–Crippen LogP) is 2.97. The highest BCUT2D eigenvalue weighted by Crippen LogP contribution is 2.24. The molecule has 1 aromatic heterocycles. The lowest BCUT2D eigenvalue weighted by Gasteiger charge is -2.23. The van der Waals surface area contributed by atoms with E-state index < -0.39 is 12.7 Å². The van der Waals surface area contributed by atoms with Crippen LogP contribution in [-0.4, -0.2) is 37.8 Å². The number of likely N-dealkylation sites (N-methyl/N-ethyl adjacent to an activating group) is 1. The molecule has 1 rings (SSSR count). The molecule has 0 amide bonds. The Labute approximate surface area is 118 Å². The number of nitrogens with zero attached hydrogens (tertiary/aromatic N) is 2. The summed E-state index contributed by atoms with van der Waals surface area (Å²) in [6.07, 6.45) is -2.43. The third kappa shape index (κ3) is 5.77. The predicted molar refractivity (Wildman–Crippen MR) is 75.1 cm³/mol. The summed E-state index contributed by atoms with van der Waals surface area (Å²) in [5, 5.41) is 2.38. The Hall–Kier alpha value is -1.30. The molecule has 0 spiro atoms. The van der Waals surface area contributed by atoms with Crippen LogP contribution in [0.25, 0.3) is 0 Å². The quantitative estimate of drug-likeness (QED) is 0.845. The number of rotatable bonds is 5. The maximum Gasteiger partial charge on any atom is 0.401 e. The maximum absolute atomic E-state index is 12.0. The fraction of sp³-hybridized carbons (Fsp3) is 0.643. The van der Waals surface area contributed by atoms with E-state index in [1.165, 1.54) is 0 Å². The molecule has 20 heavy (non-hydrogen) atoms. The number of aromatic nitrogens is 1. The second-order valence-corrected chi connectivity index (χ2v) is 5.87. The van der Waals surface area contributed by atoms with Crippen LogP contribution in [0, 0.1) is 0 Å². The largest absolute Gasteiger partial charge is 0.401 e. The molecule has 3 nitrogen and oxygen atoms in total. The third-order valence-electron chi connectivity index (χ3n) is 2.95.